The van der Waals surface area contributed by atoms with Gasteiger partial charge in [-0.05, 0) is 12.1 Å². The van der Waals surface area contributed by atoms with Gasteiger partial charge in [-0.25, -0.2) is 8.78 Å². The van der Waals surface area contributed by atoms with E-state index in [9.17, 15) is 13.6 Å². The van der Waals surface area contributed by atoms with Gasteiger partial charge in [0, 0.05) is 27.7 Å². The first-order valence-corrected chi connectivity index (χ1v) is 5.15. The van der Waals surface area contributed by atoms with Gasteiger partial charge >= 0.3 is 5.97 Å². The summed E-state index contributed by atoms with van der Waals surface area (Å²) in [5, 5.41) is 9.15. The molecule has 3 nitrogen and oxygen atoms in total. The van der Waals surface area contributed by atoms with E-state index in [4.69, 9.17) is 16.7 Å². The van der Waals surface area contributed by atoms with E-state index < -0.39 is 18.3 Å². The van der Waals surface area contributed by atoms with Crippen molar-refractivity contribution < 1.29 is 18.7 Å². The number of carboxylic acids is 1. The van der Waals surface area contributed by atoms with Gasteiger partial charge in [-0.15, -0.1) is 0 Å². The van der Waals surface area contributed by atoms with Crippen LogP contribution in [0.3, 0.4) is 0 Å². The SMILES string of the molecule is O=C(O)CC(F)(F)c1c[nH]c2cc(Cl)ccc12. The standard InChI is InChI=1S/C11H8ClF2NO2/c12-6-1-2-7-8(5-15-9(7)3-6)11(13,14)4-10(16)17/h1-3,5,15H,4H2,(H,16,17). The Morgan fingerprint density at radius 1 is 1.47 bits per heavy atom. The largest absolute Gasteiger partial charge is 0.481 e. The molecule has 0 aliphatic rings. The fourth-order valence-electron chi connectivity index (χ4n) is 1.69. The van der Waals surface area contributed by atoms with Gasteiger partial charge in [-0.3, -0.25) is 4.79 Å². The first-order chi connectivity index (χ1) is 7.90. The van der Waals surface area contributed by atoms with Crippen molar-refractivity contribution in [3.8, 4) is 0 Å². The lowest BCUT2D eigenvalue weighted by molar-refractivity contribution is -0.145. The highest BCUT2D eigenvalue weighted by Gasteiger charge is 2.36. The van der Waals surface area contributed by atoms with Crippen molar-refractivity contribution in [1.82, 2.24) is 4.98 Å². The molecule has 90 valence electrons. The molecule has 1 aromatic heterocycles. The van der Waals surface area contributed by atoms with Crippen molar-refractivity contribution in [2.24, 2.45) is 0 Å². The molecule has 2 rings (SSSR count). The highest BCUT2D eigenvalue weighted by atomic mass is 35.5. The first-order valence-electron chi connectivity index (χ1n) is 4.77. The van der Waals surface area contributed by atoms with Gasteiger partial charge in [0.25, 0.3) is 5.92 Å². The number of nitrogens with one attached hydrogen (secondary N) is 1. The Kier molecular flexibility index (Phi) is 2.79. The number of aliphatic carboxylic acids is 1. The number of hydrogen-bond donors (Lipinski definition) is 2. The van der Waals surface area contributed by atoms with Crippen LogP contribution in [-0.2, 0) is 10.7 Å². The summed E-state index contributed by atoms with van der Waals surface area (Å²) in [5.74, 6) is -4.95. The molecule has 0 fully saturated rings. The molecule has 0 atom stereocenters. The number of halogens is 3. The highest BCUT2D eigenvalue weighted by Crippen LogP contribution is 2.37. The van der Waals surface area contributed by atoms with Gasteiger partial charge < -0.3 is 10.1 Å². The molecule has 2 N–H and O–H groups in total. The molecule has 0 amide bonds. The predicted molar refractivity (Wildman–Crippen MR) is 59.5 cm³/mol. The fourth-order valence-corrected chi connectivity index (χ4v) is 1.86. The van der Waals surface area contributed by atoms with Crippen molar-refractivity contribution in [1.29, 1.82) is 0 Å². The van der Waals surface area contributed by atoms with Crippen LogP contribution in [0.25, 0.3) is 10.9 Å². The second-order valence-electron chi connectivity index (χ2n) is 3.67. The predicted octanol–water partition coefficient (Wildman–Crippen LogP) is 3.39. The molecule has 0 bridgehead atoms. The number of carbonyl (C=O) groups is 1. The van der Waals surface area contributed by atoms with Crippen LogP contribution in [0.5, 0.6) is 0 Å². The zero-order chi connectivity index (χ0) is 12.6. The van der Waals surface area contributed by atoms with Crippen LogP contribution in [0.4, 0.5) is 8.78 Å². The van der Waals surface area contributed by atoms with E-state index in [0.29, 0.717) is 10.5 Å². The molecule has 1 heterocycles. The summed E-state index contributed by atoms with van der Waals surface area (Å²) >= 11 is 5.72. The van der Waals surface area contributed by atoms with Gasteiger partial charge in [0.05, 0.1) is 0 Å². The van der Waals surface area contributed by atoms with Gasteiger partial charge in [-0.1, -0.05) is 17.7 Å². The second kappa shape index (κ2) is 4.00. The first kappa shape index (κ1) is 11.9. The summed E-state index contributed by atoms with van der Waals surface area (Å²) in [4.78, 5) is 13.0. The fraction of sp³-hybridized carbons (Fsp3) is 0.182. The molecule has 17 heavy (non-hydrogen) atoms. The molecule has 0 saturated carbocycles. The third-order valence-corrected chi connectivity index (χ3v) is 2.65. The summed E-state index contributed by atoms with van der Waals surface area (Å²) in [7, 11) is 0. The van der Waals surface area contributed by atoms with Crippen LogP contribution in [0, 0.1) is 0 Å². The van der Waals surface area contributed by atoms with E-state index >= 15 is 0 Å². The third-order valence-electron chi connectivity index (χ3n) is 2.41. The maximum absolute atomic E-state index is 13.6. The normalized spacial score (nSPS) is 11.9. The average Bonchev–Trinajstić information content (AvgIpc) is 2.58. The zero-order valence-electron chi connectivity index (χ0n) is 8.51. The number of aromatic amines is 1. The van der Waals surface area contributed by atoms with Crippen LogP contribution >= 0.6 is 11.6 Å². The van der Waals surface area contributed by atoms with Crippen LogP contribution in [0.1, 0.15) is 12.0 Å². The molecule has 0 aliphatic carbocycles. The molecule has 6 heteroatoms. The average molecular weight is 260 g/mol. The van der Waals surface area contributed by atoms with Crippen molar-refractivity contribution in [3.05, 3.63) is 35.0 Å². The molecule has 1 aromatic carbocycles. The number of rotatable bonds is 3. The van der Waals surface area contributed by atoms with E-state index in [1.165, 1.54) is 18.2 Å². The lowest BCUT2D eigenvalue weighted by atomic mass is 10.0. The van der Waals surface area contributed by atoms with Crippen LogP contribution in [0.2, 0.25) is 5.02 Å². The Morgan fingerprint density at radius 2 is 2.18 bits per heavy atom. The number of H-pyrrole nitrogens is 1. The van der Waals surface area contributed by atoms with Gasteiger partial charge in [0.1, 0.15) is 6.42 Å². The summed E-state index contributed by atoms with van der Waals surface area (Å²) in [5.41, 5.74) is 0.129. The van der Waals surface area contributed by atoms with E-state index in [1.807, 2.05) is 0 Å². The summed E-state index contributed by atoms with van der Waals surface area (Å²) < 4.78 is 27.3. The Bertz CT molecular complexity index is 580. The second-order valence-corrected chi connectivity index (χ2v) is 4.10. The minimum atomic E-state index is -3.40. The Labute approximate surface area is 100 Å². The molecule has 0 saturated heterocycles. The van der Waals surface area contributed by atoms with E-state index in [0.717, 1.165) is 6.20 Å². The van der Waals surface area contributed by atoms with Gasteiger partial charge in [-0.2, -0.15) is 0 Å². The molecule has 2 aromatic rings. The molecular weight excluding hydrogens is 252 g/mol. The Balaban J connectivity index is 2.52. The monoisotopic (exact) mass is 259 g/mol. The zero-order valence-corrected chi connectivity index (χ0v) is 9.26. The smallest absolute Gasteiger partial charge is 0.309 e. The van der Waals surface area contributed by atoms with Crippen molar-refractivity contribution in [3.63, 3.8) is 0 Å². The van der Waals surface area contributed by atoms with Crippen LogP contribution < -0.4 is 0 Å². The molecule has 0 spiro atoms. The number of benzene rings is 1. The lowest BCUT2D eigenvalue weighted by Crippen LogP contribution is -2.17. The minimum Gasteiger partial charge on any atom is -0.481 e. The topological polar surface area (TPSA) is 53.1 Å². The van der Waals surface area contributed by atoms with Crippen LogP contribution in [0.15, 0.2) is 24.4 Å². The third kappa shape index (κ3) is 2.24. The number of aromatic nitrogens is 1. The van der Waals surface area contributed by atoms with Crippen molar-refractivity contribution in [2.75, 3.05) is 0 Å². The number of hydrogen-bond acceptors (Lipinski definition) is 1. The Morgan fingerprint density at radius 3 is 2.82 bits per heavy atom. The van der Waals surface area contributed by atoms with Crippen molar-refractivity contribution >= 4 is 28.5 Å². The molecule has 0 aliphatic heterocycles. The van der Waals surface area contributed by atoms with Crippen LogP contribution in [-0.4, -0.2) is 16.1 Å². The Hall–Kier alpha value is -1.62. The number of fused-ring (bicyclic) bond motifs is 1. The lowest BCUT2D eigenvalue weighted by Gasteiger charge is -2.12. The number of carboxylic acid groups (broad SMARTS) is 1. The van der Waals surface area contributed by atoms with E-state index in [1.54, 1.807) is 0 Å². The van der Waals surface area contributed by atoms with Gasteiger partial charge in [0.15, 0.2) is 0 Å². The highest BCUT2D eigenvalue weighted by molar-refractivity contribution is 6.31. The molecular formula is C11H8ClF2NO2. The summed E-state index contributed by atoms with van der Waals surface area (Å²) in [6, 6.07) is 4.44. The summed E-state index contributed by atoms with van der Waals surface area (Å²) in [6.45, 7) is 0. The van der Waals surface area contributed by atoms with E-state index in [-0.39, 0.29) is 10.9 Å². The maximum Gasteiger partial charge on any atom is 0.309 e. The van der Waals surface area contributed by atoms with E-state index in [2.05, 4.69) is 4.98 Å². The molecule has 0 radical (unpaired) electrons. The molecule has 0 unspecified atom stereocenters. The summed E-state index contributed by atoms with van der Waals surface area (Å²) in [6.07, 6.45) is -0.119. The number of alkyl halides is 2. The quantitative estimate of drug-likeness (QED) is 0.888. The minimum absolute atomic E-state index is 0.278. The van der Waals surface area contributed by atoms with Crippen molar-refractivity contribution in [2.45, 2.75) is 12.3 Å². The van der Waals surface area contributed by atoms with Gasteiger partial charge in [0.2, 0.25) is 0 Å². The maximum atomic E-state index is 13.6.